The summed E-state index contributed by atoms with van der Waals surface area (Å²) in [5.41, 5.74) is 1.78. The fourth-order valence-corrected chi connectivity index (χ4v) is 2.98. The van der Waals surface area contributed by atoms with Gasteiger partial charge in [0.15, 0.2) is 0 Å². The maximum atomic E-state index is 12.9. The van der Waals surface area contributed by atoms with Crippen molar-refractivity contribution in [3.63, 3.8) is 0 Å². The first-order valence-electron chi connectivity index (χ1n) is 7.90. The number of hydrogen-bond acceptors (Lipinski definition) is 2. The monoisotopic (exact) mass is 422 g/mol. The van der Waals surface area contributed by atoms with Crippen molar-refractivity contribution in [2.75, 3.05) is 7.05 Å². The summed E-state index contributed by atoms with van der Waals surface area (Å²) in [5.74, 6) is -0.321. The lowest BCUT2D eigenvalue weighted by molar-refractivity contribution is -0.139. The Morgan fingerprint density at radius 2 is 1.84 bits per heavy atom. The summed E-state index contributed by atoms with van der Waals surface area (Å²) in [6.07, 6.45) is 0.193. The van der Waals surface area contributed by atoms with Crippen LogP contribution >= 0.6 is 27.5 Å². The molecule has 0 spiro atoms. The van der Waals surface area contributed by atoms with Crippen LogP contribution in [0.1, 0.15) is 18.1 Å². The molecule has 0 aliphatic rings. The third-order valence-electron chi connectivity index (χ3n) is 3.92. The van der Waals surface area contributed by atoms with E-state index in [2.05, 4.69) is 21.2 Å². The predicted molar refractivity (Wildman–Crippen MR) is 103 cm³/mol. The zero-order chi connectivity index (χ0) is 18.4. The molecule has 0 bridgehead atoms. The minimum Gasteiger partial charge on any atom is -0.357 e. The molecule has 2 aromatic carbocycles. The normalized spacial score (nSPS) is 11.7. The van der Waals surface area contributed by atoms with Gasteiger partial charge >= 0.3 is 0 Å². The van der Waals surface area contributed by atoms with E-state index in [0.29, 0.717) is 11.6 Å². The molecule has 2 aromatic rings. The highest BCUT2D eigenvalue weighted by molar-refractivity contribution is 9.10. The Labute approximate surface area is 161 Å². The fourth-order valence-electron chi connectivity index (χ4n) is 2.50. The standard InChI is InChI=1S/C19H20BrClN2O2/c1-13(19(25)22-2)23(12-14-6-8-16(20)9-7-14)18(24)11-15-4-3-5-17(21)10-15/h3-10,13H,11-12H2,1-2H3,(H,22,25). The lowest BCUT2D eigenvalue weighted by atomic mass is 10.1. The highest BCUT2D eigenvalue weighted by Crippen LogP contribution is 2.17. The van der Waals surface area contributed by atoms with Crippen LogP contribution in [-0.2, 0) is 22.6 Å². The molecule has 0 aliphatic heterocycles. The molecule has 0 aromatic heterocycles. The molecule has 0 fully saturated rings. The molecule has 4 nitrogen and oxygen atoms in total. The summed E-state index contributed by atoms with van der Waals surface area (Å²) in [7, 11) is 1.57. The molecule has 0 saturated heterocycles. The van der Waals surface area contributed by atoms with E-state index in [-0.39, 0.29) is 18.2 Å². The summed E-state index contributed by atoms with van der Waals surface area (Å²) in [6, 6.07) is 14.3. The lowest BCUT2D eigenvalue weighted by Crippen LogP contribution is -2.47. The number of amides is 2. The van der Waals surface area contributed by atoms with Gasteiger partial charge in [0.2, 0.25) is 11.8 Å². The number of hydrogen-bond donors (Lipinski definition) is 1. The minimum absolute atomic E-state index is 0.124. The average molecular weight is 424 g/mol. The van der Waals surface area contributed by atoms with Gasteiger partial charge in [-0.25, -0.2) is 0 Å². The SMILES string of the molecule is CNC(=O)C(C)N(Cc1ccc(Br)cc1)C(=O)Cc1cccc(Cl)c1. The van der Waals surface area contributed by atoms with E-state index >= 15 is 0 Å². The number of carbonyl (C=O) groups is 2. The van der Waals surface area contributed by atoms with E-state index in [4.69, 9.17) is 11.6 Å². The number of carbonyl (C=O) groups excluding carboxylic acids is 2. The van der Waals surface area contributed by atoms with Crippen LogP contribution in [0.25, 0.3) is 0 Å². The smallest absolute Gasteiger partial charge is 0.242 e. The van der Waals surface area contributed by atoms with Crippen molar-refractivity contribution in [3.05, 3.63) is 69.2 Å². The second-order valence-corrected chi connectivity index (χ2v) is 7.10. The first-order chi connectivity index (χ1) is 11.9. The second kappa shape index (κ2) is 9.02. The molecule has 6 heteroatoms. The molecular weight excluding hydrogens is 404 g/mol. The number of rotatable bonds is 6. The van der Waals surface area contributed by atoms with Gasteiger partial charge in [-0.3, -0.25) is 9.59 Å². The molecule has 1 N–H and O–H groups in total. The molecule has 0 heterocycles. The summed E-state index contributed by atoms with van der Waals surface area (Å²) in [4.78, 5) is 26.5. The maximum absolute atomic E-state index is 12.9. The first kappa shape index (κ1) is 19.5. The summed E-state index contributed by atoms with van der Waals surface area (Å²) < 4.78 is 0.965. The quantitative estimate of drug-likeness (QED) is 0.768. The molecule has 2 rings (SSSR count). The van der Waals surface area contributed by atoms with E-state index in [9.17, 15) is 9.59 Å². The van der Waals surface area contributed by atoms with Gasteiger partial charge in [-0.05, 0) is 42.3 Å². The highest BCUT2D eigenvalue weighted by atomic mass is 79.9. The van der Waals surface area contributed by atoms with Gasteiger partial charge in [0.25, 0.3) is 0 Å². The Morgan fingerprint density at radius 3 is 2.44 bits per heavy atom. The van der Waals surface area contributed by atoms with E-state index in [1.807, 2.05) is 36.4 Å². The fraction of sp³-hybridized carbons (Fsp3) is 0.263. The Kier molecular flexibility index (Phi) is 7.02. The van der Waals surface area contributed by atoms with Crippen molar-refractivity contribution in [1.29, 1.82) is 0 Å². The van der Waals surface area contributed by atoms with Crippen LogP contribution in [-0.4, -0.2) is 29.8 Å². The van der Waals surface area contributed by atoms with E-state index < -0.39 is 6.04 Å². The van der Waals surface area contributed by atoms with Gasteiger partial charge < -0.3 is 10.2 Å². The van der Waals surface area contributed by atoms with Crippen molar-refractivity contribution in [1.82, 2.24) is 10.2 Å². The molecule has 1 atom stereocenters. The van der Waals surface area contributed by atoms with E-state index in [0.717, 1.165) is 15.6 Å². The number of nitrogens with one attached hydrogen (secondary N) is 1. The lowest BCUT2D eigenvalue weighted by Gasteiger charge is -2.28. The van der Waals surface area contributed by atoms with Crippen LogP contribution in [0.3, 0.4) is 0 Å². The number of halogens is 2. The van der Waals surface area contributed by atoms with Gasteiger partial charge in [0.05, 0.1) is 6.42 Å². The van der Waals surface area contributed by atoms with Gasteiger partial charge in [-0.2, -0.15) is 0 Å². The third-order valence-corrected chi connectivity index (χ3v) is 4.69. The molecule has 1 unspecified atom stereocenters. The summed E-state index contributed by atoms with van der Waals surface area (Å²) >= 11 is 9.39. The van der Waals surface area contributed by atoms with Crippen molar-refractivity contribution >= 4 is 39.3 Å². The minimum atomic E-state index is -0.569. The third kappa shape index (κ3) is 5.58. The molecule has 0 radical (unpaired) electrons. The van der Waals surface area contributed by atoms with E-state index in [1.165, 1.54) is 0 Å². The van der Waals surface area contributed by atoms with Gasteiger partial charge in [0.1, 0.15) is 6.04 Å². The van der Waals surface area contributed by atoms with Crippen LogP contribution in [0.2, 0.25) is 5.02 Å². The second-order valence-electron chi connectivity index (χ2n) is 5.75. The van der Waals surface area contributed by atoms with Crippen LogP contribution < -0.4 is 5.32 Å². The molecular formula is C19H20BrClN2O2. The van der Waals surface area contributed by atoms with Crippen LogP contribution in [0.5, 0.6) is 0 Å². The Hall–Kier alpha value is -1.85. The Balaban J connectivity index is 2.21. The number of benzene rings is 2. The van der Waals surface area contributed by atoms with Crippen molar-refractivity contribution in [3.8, 4) is 0 Å². The van der Waals surface area contributed by atoms with Gasteiger partial charge in [0, 0.05) is 23.1 Å². The van der Waals surface area contributed by atoms with Crippen molar-refractivity contribution in [2.45, 2.75) is 25.9 Å². The number of nitrogens with zero attached hydrogens (tertiary/aromatic N) is 1. The van der Waals surface area contributed by atoms with Gasteiger partial charge in [-0.1, -0.05) is 51.8 Å². The number of likely N-dealkylation sites (N-methyl/N-ethyl adjacent to an activating group) is 1. The first-order valence-corrected chi connectivity index (χ1v) is 9.07. The molecule has 132 valence electrons. The predicted octanol–water partition coefficient (Wildman–Crippen LogP) is 3.81. The maximum Gasteiger partial charge on any atom is 0.242 e. The van der Waals surface area contributed by atoms with Crippen LogP contribution in [0.15, 0.2) is 53.0 Å². The zero-order valence-corrected chi connectivity index (χ0v) is 16.5. The Morgan fingerprint density at radius 1 is 1.16 bits per heavy atom. The van der Waals surface area contributed by atoms with E-state index in [1.54, 1.807) is 31.0 Å². The largest absolute Gasteiger partial charge is 0.357 e. The van der Waals surface area contributed by atoms with Crippen LogP contribution in [0, 0.1) is 0 Å². The van der Waals surface area contributed by atoms with Crippen molar-refractivity contribution in [2.24, 2.45) is 0 Å². The summed E-state index contributed by atoms with van der Waals surface area (Å²) in [5, 5.41) is 3.19. The van der Waals surface area contributed by atoms with Gasteiger partial charge in [-0.15, -0.1) is 0 Å². The molecule has 0 aliphatic carbocycles. The Bertz CT molecular complexity index is 749. The van der Waals surface area contributed by atoms with Crippen molar-refractivity contribution < 1.29 is 9.59 Å². The topological polar surface area (TPSA) is 49.4 Å². The average Bonchev–Trinajstić information content (AvgIpc) is 2.59. The zero-order valence-electron chi connectivity index (χ0n) is 14.1. The van der Waals surface area contributed by atoms with Crippen LogP contribution in [0.4, 0.5) is 0 Å². The summed E-state index contributed by atoms with van der Waals surface area (Å²) in [6.45, 7) is 2.09. The molecule has 2 amide bonds. The molecule has 25 heavy (non-hydrogen) atoms. The molecule has 0 saturated carbocycles. The highest BCUT2D eigenvalue weighted by Gasteiger charge is 2.25.